The van der Waals surface area contributed by atoms with E-state index in [1.807, 2.05) is 31.2 Å². The van der Waals surface area contributed by atoms with Gasteiger partial charge in [0.2, 0.25) is 10.0 Å². The summed E-state index contributed by atoms with van der Waals surface area (Å²) in [7, 11) is -3.36. The summed E-state index contributed by atoms with van der Waals surface area (Å²) in [5.41, 5.74) is 2.49. The standard InChI is InChI=1S/C22H28N4O4S/c1-3-31(29,30)25-13-11-17-18(14-25)23-20(24-21(17)27)19-6-4-5-12-26(19)22(28)16-9-7-15(2)8-10-16/h7-10,19H,3-6,11-14H2,1-2H3,(H,23,24,27)/t19-/m1/s1. The lowest BCUT2D eigenvalue weighted by molar-refractivity contribution is 0.0599. The zero-order chi connectivity index (χ0) is 22.2. The fraction of sp³-hybridized carbons (Fsp3) is 0.500. The van der Waals surface area contributed by atoms with Crippen molar-refractivity contribution in [2.45, 2.75) is 52.1 Å². The molecule has 4 rings (SSSR count). The van der Waals surface area contributed by atoms with E-state index in [9.17, 15) is 18.0 Å². The number of likely N-dealkylation sites (tertiary alicyclic amines) is 1. The molecule has 0 bridgehead atoms. The fourth-order valence-corrected chi connectivity index (χ4v) is 5.39. The van der Waals surface area contributed by atoms with Gasteiger partial charge in [0.15, 0.2) is 0 Å². The summed E-state index contributed by atoms with van der Waals surface area (Å²) in [5, 5.41) is 0. The smallest absolute Gasteiger partial charge is 0.254 e. The molecule has 2 aliphatic heterocycles. The SMILES string of the molecule is CCS(=O)(=O)N1CCc2c(nc([C@H]3CCCCN3C(=O)c3ccc(C)cc3)[nH]c2=O)C1. The highest BCUT2D eigenvalue weighted by atomic mass is 32.2. The fourth-order valence-electron chi connectivity index (χ4n) is 4.33. The molecule has 166 valence electrons. The zero-order valence-electron chi connectivity index (χ0n) is 17.9. The Balaban J connectivity index is 1.67. The topological polar surface area (TPSA) is 103 Å². The highest BCUT2D eigenvalue weighted by Gasteiger charge is 2.33. The molecule has 1 aromatic carbocycles. The van der Waals surface area contributed by atoms with Crippen molar-refractivity contribution in [2.24, 2.45) is 0 Å². The Bertz CT molecular complexity index is 1140. The number of carbonyl (C=O) groups is 1. The van der Waals surface area contributed by atoms with Crippen LogP contribution in [-0.2, 0) is 23.0 Å². The van der Waals surface area contributed by atoms with Crippen LogP contribution in [0.3, 0.4) is 0 Å². The Hall–Kier alpha value is -2.52. The molecule has 1 N–H and O–H groups in total. The van der Waals surface area contributed by atoms with Crippen molar-refractivity contribution in [3.05, 3.63) is 62.8 Å². The number of H-pyrrole nitrogens is 1. The predicted molar refractivity (Wildman–Crippen MR) is 117 cm³/mol. The lowest BCUT2D eigenvalue weighted by Crippen LogP contribution is -2.42. The molecular formula is C22H28N4O4S. The van der Waals surface area contributed by atoms with Crippen LogP contribution < -0.4 is 5.56 Å². The molecule has 1 aromatic heterocycles. The number of benzene rings is 1. The van der Waals surface area contributed by atoms with E-state index in [0.717, 1.165) is 18.4 Å². The minimum atomic E-state index is -3.36. The van der Waals surface area contributed by atoms with Gasteiger partial charge in [0.05, 0.1) is 24.0 Å². The molecule has 9 heteroatoms. The quantitative estimate of drug-likeness (QED) is 0.778. The second kappa shape index (κ2) is 8.55. The first kappa shape index (κ1) is 21.7. The van der Waals surface area contributed by atoms with Gasteiger partial charge in [-0.25, -0.2) is 13.4 Å². The molecule has 1 atom stereocenters. The summed E-state index contributed by atoms with van der Waals surface area (Å²) in [6, 6.07) is 7.13. The van der Waals surface area contributed by atoms with Gasteiger partial charge >= 0.3 is 0 Å². The first-order chi connectivity index (χ1) is 14.8. The van der Waals surface area contributed by atoms with Crippen LogP contribution in [-0.4, -0.2) is 52.3 Å². The van der Waals surface area contributed by atoms with Crippen molar-refractivity contribution in [2.75, 3.05) is 18.8 Å². The van der Waals surface area contributed by atoms with Crippen LogP contribution in [0.15, 0.2) is 29.1 Å². The first-order valence-corrected chi connectivity index (χ1v) is 12.4. The summed E-state index contributed by atoms with van der Waals surface area (Å²) in [5.74, 6) is 0.375. The first-order valence-electron chi connectivity index (χ1n) is 10.8. The number of carbonyl (C=O) groups excluding carboxylic acids is 1. The lowest BCUT2D eigenvalue weighted by Gasteiger charge is -2.36. The highest BCUT2D eigenvalue weighted by molar-refractivity contribution is 7.89. The average molecular weight is 445 g/mol. The van der Waals surface area contributed by atoms with Crippen LogP contribution in [0.5, 0.6) is 0 Å². The van der Waals surface area contributed by atoms with Gasteiger partial charge in [-0.2, -0.15) is 4.31 Å². The van der Waals surface area contributed by atoms with Crippen molar-refractivity contribution < 1.29 is 13.2 Å². The number of hydrogen-bond donors (Lipinski definition) is 1. The molecule has 0 unspecified atom stereocenters. The van der Waals surface area contributed by atoms with Gasteiger partial charge in [0.1, 0.15) is 5.82 Å². The zero-order valence-corrected chi connectivity index (χ0v) is 18.7. The number of hydrogen-bond acceptors (Lipinski definition) is 5. The van der Waals surface area contributed by atoms with Crippen molar-refractivity contribution in [3.8, 4) is 0 Å². The van der Waals surface area contributed by atoms with Gasteiger partial charge in [0.25, 0.3) is 11.5 Å². The summed E-state index contributed by atoms with van der Waals surface area (Å²) in [6.07, 6.45) is 2.87. The third kappa shape index (κ3) is 4.29. The van der Waals surface area contributed by atoms with E-state index < -0.39 is 10.0 Å². The van der Waals surface area contributed by atoms with Crippen LogP contribution in [0, 0.1) is 6.92 Å². The number of aryl methyl sites for hydroxylation is 1. The monoisotopic (exact) mass is 444 g/mol. The molecular weight excluding hydrogens is 416 g/mol. The molecule has 0 aliphatic carbocycles. The molecule has 31 heavy (non-hydrogen) atoms. The van der Waals surface area contributed by atoms with E-state index in [0.29, 0.717) is 42.0 Å². The highest BCUT2D eigenvalue weighted by Crippen LogP contribution is 2.31. The summed E-state index contributed by atoms with van der Waals surface area (Å²) in [6.45, 7) is 4.56. The molecule has 3 heterocycles. The molecule has 0 saturated carbocycles. The van der Waals surface area contributed by atoms with Crippen LogP contribution >= 0.6 is 0 Å². The van der Waals surface area contributed by atoms with E-state index in [1.54, 1.807) is 11.8 Å². The second-order valence-corrected chi connectivity index (χ2v) is 10.5. The third-order valence-electron chi connectivity index (χ3n) is 6.19. The van der Waals surface area contributed by atoms with Crippen molar-refractivity contribution in [1.82, 2.24) is 19.2 Å². The molecule has 0 radical (unpaired) electrons. The summed E-state index contributed by atoms with van der Waals surface area (Å²) in [4.78, 5) is 35.3. The van der Waals surface area contributed by atoms with Gasteiger partial charge in [-0.15, -0.1) is 0 Å². The Kier molecular flexibility index (Phi) is 5.98. The van der Waals surface area contributed by atoms with Gasteiger partial charge in [-0.1, -0.05) is 17.7 Å². The van der Waals surface area contributed by atoms with Crippen LogP contribution in [0.25, 0.3) is 0 Å². The number of piperidine rings is 1. The molecule has 1 fully saturated rings. The predicted octanol–water partition coefficient (Wildman–Crippen LogP) is 2.15. The Labute approximate surface area is 182 Å². The Morgan fingerprint density at radius 1 is 1.19 bits per heavy atom. The van der Waals surface area contributed by atoms with E-state index in [-0.39, 0.29) is 36.4 Å². The van der Waals surface area contributed by atoms with E-state index in [1.165, 1.54) is 4.31 Å². The maximum Gasteiger partial charge on any atom is 0.254 e. The van der Waals surface area contributed by atoms with Crippen LogP contribution in [0.1, 0.15) is 65.2 Å². The van der Waals surface area contributed by atoms with Crippen molar-refractivity contribution >= 4 is 15.9 Å². The average Bonchev–Trinajstić information content (AvgIpc) is 2.78. The number of sulfonamides is 1. The molecule has 1 saturated heterocycles. The third-order valence-corrected chi connectivity index (χ3v) is 8.02. The maximum atomic E-state index is 13.2. The van der Waals surface area contributed by atoms with E-state index >= 15 is 0 Å². The maximum absolute atomic E-state index is 13.2. The van der Waals surface area contributed by atoms with Gasteiger partial charge < -0.3 is 9.88 Å². The number of rotatable bonds is 4. The second-order valence-electron chi connectivity index (χ2n) is 8.24. The summed E-state index contributed by atoms with van der Waals surface area (Å²) >= 11 is 0. The molecule has 0 spiro atoms. The number of amides is 1. The molecule has 1 amide bonds. The van der Waals surface area contributed by atoms with Crippen LogP contribution in [0.4, 0.5) is 0 Å². The minimum absolute atomic E-state index is 0.0137. The van der Waals surface area contributed by atoms with Gasteiger partial charge in [-0.05, 0) is 51.7 Å². The van der Waals surface area contributed by atoms with Crippen LogP contribution in [0.2, 0.25) is 0 Å². The number of fused-ring (bicyclic) bond motifs is 1. The number of aromatic amines is 1. The lowest BCUT2D eigenvalue weighted by atomic mass is 9.99. The Morgan fingerprint density at radius 2 is 1.94 bits per heavy atom. The summed E-state index contributed by atoms with van der Waals surface area (Å²) < 4.78 is 26.0. The van der Waals surface area contributed by atoms with Gasteiger partial charge in [0, 0.05) is 24.2 Å². The number of aromatic nitrogens is 2. The van der Waals surface area contributed by atoms with Crippen molar-refractivity contribution in [1.29, 1.82) is 0 Å². The molecule has 8 nitrogen and oxygen atoms in total. The normalized spacial score (nSPS) is 19.8. The number of nitrogens with zero attached hydrogens (tertiary/aromatic N) is 3. The van der Waals surface area contributed by atoms with E-state index in [4.69, 9.17) is 0 Å². The Morgan fingerprint density at radius 3 is 2.65 bits per heavy atom. The largest absolute Gasteiger partial charge is 0.328 e. The van der Waals surface area contributed by atoms with Crippen molar-refractivity contribution in [3.63, 3.8) is 0 Å². The molecule has 2 aliphatic rings. The van der Waals surface area contributed by atoms with Gasteiger partial charge in [-0.3, -0.25) is 9.59 Å². The van der Waals surface area contributed by atoms with E-state index in [2.05, 4.69) is 9.97 Å². The minimum Gasteiger partial charge on any atom is -0.328 e. The number of nitrogens with one attached hydrogen (secondary N) is 1. The molecule has 2 aromatic rings.